The van der Waals surface area contributed by atoms with E-state index in [-0.39, 0.29) is 29.4 Å². The quantitative estimate of drug-likeness (QED) is 0.675. The minimum Gasteiger partial charge on any atom is -0.372 e. The maximum Gasteiger partial charge on any atom is 0.241 e. The normalized spacial score (nSPS) is 27.0. The Morgan fingerprint density at radius 1 is 1.24 bits per heavy atom. The lowest BCUT2D eigenvalue weighted by atomic mass is 10.1. The van der Waals surface area contributed by atoms with E-state index < -0.39 is 21.0 Å². The van der Waals surface area contributed by atoms with Crippen molar-refractivity contribution in [1.82, 2.24) is 9.80 Å². The smallest absolute Gasteiger partial charge is 0.241 e. The number of rotatable bonds is 3. The van der Waals surface area contributed by atoms with Crippen molar-refractivity contribution >= 4 is 21.7 Å². The number of fused-ring (bicyclic) bond motifs is 2. The molecule has 29 heavy (non-hydrogen) atoms. The van der Waals surface area contributed by atoms with Crippen LogP contribution in [0.3, 0.4) is 0 Å². The van der Waals surface area contributed by atoms with Gasteiger partial charge >= 0.3 is 0 Å². The maximum atomic E-state index is 13.1. The summed E-state index contributed by atoms with van der Waals surface area (Å²) in [6.07, 6.45) is 0.762. The van der Waals surface area contributed by atoms with Crippen LogP contribution in [0.1, 0.15) is 25.3 Å². The van der Waals surface area contributed by atoms with Gasteiger partial charge in [0.25, 0.3) is 0 Å². The van der Waals surface area contributed by atoms with Crippen LogP contribution < -0.4 is 0 Å². The molecule has 4 rings (SSSR count). The number of sulfone groups is 1. The molecule has 0 radical (unpaired) electrons. The van der Waals surface area contributed by atoms with Crippen LogP contribution in [0.4, 0.5) is 0 Å². The average Bonchev–Trinajstić information content (AvgIpc) is 3.26. The number of hydrogen-bond donors (Lipinski definition) is 0. The summed E-state index contributed by atoms with van der Waals surface area (Å²) in [7, 11) is -3.69. The van der Waals surface area contributed by atoms with Crippen molar-refractivity contribution in [3.8, 4) is 11.8 Å². The van der Waals surface area contributed by atoms with Crippen LogP contribution in [0.2, 0.25) is 0 Å². The monoisotopic (exact) mass is 416 g/mol. The minimum absolute atomic E-state index is 0.00115. The first-order valence-electron chi connectivity index (χ1n) is 9.84. The second-order valence-corrected chi connectivity index (χ2v) is 9.68. The third kappa shape index (κ3) is 3.53. The molecule has 0 N–H and O–H groups in total. The van der Waals surface area contributed by atoms with E-state index in [0.29, 0.717) is 44.6 Å². The third-order valence-electron chi connectivity index (χ3n) is 5.91. The van der Waals surface area contributed by atoms with Crippen LogP contribution in [0, 0.1) is 11.8 Å². The number of carbonyl (C=O) groups is 2. The number of likely N-dealkylation sites (tertiary alicyclic amines) is 1. The molecule has 3 atom stereocenters. The highest BCUT2D eigenvalue weighted by molar-refractivity contribution is 7.93. The Morgan fingerprint density at radius 3 is 2.79 bits per heavy atom. The van der Waals surface area contributed by atoms with Crippen LogP contribution in [0.15, 0.2) is 29.2 Å². The van der Waals surface area contributed by atoms with Crippen LogP contribution >= 0.6 is 0 Å². The number of carbonyl (C=O) groups excluding carboxylic acids is 2. The molecule has 0 saturated carbocycles. The fourth-order valence-corrected chi connectivity index (χ4v) is 6.36. The molecule has 1 aromatic rings. The van der Waals surface area contributed by atoms with Gasteiger partial charge < -0.3 is 14.5 Å². The topological polar surface area (TPSA) is 84.0 Å². The Labute approximate surface area is 170 Å². The molecule has 0 bridgehead atoms. The molecule has 3 aliphatic heterocycles. The molecule has 1 unspecified atom stereocenters. The molecule has 7 nitrogen and oxygen atoms in total. The first kappa shape index (κ1) is 19.9. The van der Waals surface area contributed by atoms with Crippen LogP contribution in [-0.2, 0) is 30.6 Å². The lowest BCUT2D eigenvalue weighted by molar-refractivity contribution is -0.142. The van der Waals surface area contributed by atoms with Gasteiger partial charge in [0.1, 0.15) is 5.25 Å². The lowest BCUT2D eigenvalue weighted by Gasteiger charge is -2.36. The molecule has 0 aromatic heterocycles. The molecule has 2 amide bonds. The zero-order valence-corrected chi connectivity index (χ0v) is 17.2. The number of amides is 2. The molecule has 3 aliphatic rings. The molecule has 1 aromatic carbocycles. The van der Waals surface area contributed by atoms with Gasteiger partial charge in [-0.2, -0.15) is 0 Å². The third-order valence-corrected chi connectivity index (χ3v) is 8.04. The van der Waals surface area contributed by atoms with E-state index in [0.717, 1.165) is 0 Å². The highest BCUT2D eigenvalue weighted by Crippen LogP contribution is 2.33. The van der Waals surface area contributed by atoms with Gasteiger partial charge in [0.15, 0.2) is 9.84 Å². The first-order chi connectivity index (χ1) is 13.9. The Hall–Kier alpha value is -2.37. The van der Waals surface area contributed by atoms with Crippen molar-refractivity contribution in [1.29, 1.82) is 0 Å². The summed E-state index contributed by atoms with van der Waals surface area (Å²) in [6.45, 7) is 3.25. The second-order valence-electron chi connectivity index (χ2n) is 7.58. The van der Waals surface area contributed by atoms with E-state index >= 15 is 0 Å². The summed E-state index contributed by atoms with van der Waals surface area (Å²) >= 11 is 0. The summed E-state index contributed by atoms with van der Waals surface area (Å²) in [4.78, 5) is 29.3. The molecular weight excluding hydrogens is 392 g/mol. The Kier molecular flexibility index (Phi) is 5.36. The van der Waals surface area contributed by atoms with E-state index in [9.17, 15) is 18.0 Å². The largest absolute Gasteiger partial charge is 0.372 e. The Balaban J connectivity index is 1.48. The molecule has 3 heterocycles. The van der Waals surface area contributed by atoms with Crippen LogP contribution in [0.5, 0.6) is 0 Å². The minimum atomic E-state index is -3.69. The van der Waals surface area contributed by atoms with E-state index in [1.165, 1.54) is 0 Å². The zero-order valence-electron chi connectivity index (χ0n) is 16.3. The van der Waals surface area contributed by atoms with Gasteiger partial charge in [0.05, 0.1) is 23.6 Å². The number of morpholine rings is 1. The number of nitrogens with zero attached hydrogens (tertiary/aromatic N) is 2. The second kappa shape index (κ2) is 7.81. The molecule has 8 heteroatoms. The van der Waals surface area contributed by atoms with E-state index in [2.05, 4.69) is 11.8 Å². The zero-order chi connectivity index (χ0) is 20.6. The van der Waals surface area contributed by atoms with Gasteiger partial charge in [-0.15, -0.1) is 11.8 Å². The highest BCUT2D eigenvalue weighted by Gasteiger charge is 2.48. The summed E-state index contributed by atoms with van der Waals surface area (Å²) in [6, 6.07) is 6.54. The lowest BCUT2D eigenvalue weighted by Crippen LogP contribution is -2.53. The van der Waals surface area contributed by atoms with Gasteiger partial charge in [-0.1, -0.05) is 18.2 Å². The standard InChI is InChI=1S/C21H24N2O5S/c1-2-3-4-9-20(24)23-10-11-28-17-14-22(13-16(17)23)21(25)19-12-15-7-5-6-8-18(15)29(19,26)27/h5-8,16-17,19H,4,9-14H2,1H3/t16-,17+,19?/m0/s1. The molecule has 2 fully saturated rings. The van der Waals surface area contributed by atoms with E-state index in [4.69, 9.17) is 4.74 Å². The van der Waals surface area contributed by atoms with Gasteiger partial charge in [-0.3, -0.25) is 9.59 Å². The van der Waals surface area contributed by atoms with Crippen molar-refractivity contribution in [2.24, 2.45) is 0 Å². The number of ether oxygens (including phenoxy) is 1. The Morgan fingerprint density at radius 2 is 2.03 bits per heavy atom. The fourth-order valence-electron chi connectivity index (χ4n) is 4.45. The van der Waals surface area contributed by atoms with Crippen molar-refractivity contribution in [3.63, 3.8) is 0 Å². The van der Waals surface area contributed by atoms with Crippen LogP contribution in [-0.4, -0.2) is 73.7 Å². The molecule has 154 valence electrons. The molecule has 2 saturated heterocycles. The Bertz CT molecular complexity index is 994. The molecular formula is C21H24N2O5S. The fraction of sp³-hybridized carbons (Fsp3) is 0.524. The van der Waals surface area contributed by atoms with Crippen molar-refractivity contribution in [2.45, 2.75) is 48.5 Å². The number of benzene rings is 1. The summed E-state index contributed by atoms with van der Waals surface area (Å²) < 4.78 is 31.5. The maximum absolute atomic E-state index is 13.1. The number of hydrogen-bond acceptors (Lipinski definition) is 5. The predicted octanol–water partition coefficient (Wildman–Crippen LogP) is 0.627. The van der Waals surface area contributed by atoms with Gasteiger partial charge in [0, 0.05) is 32.5 Å². The predicted molar refractivity (Wildman–Crippen MR) is 106 cm³/mol. The first-order valence-corrected chi connectivity index (χ1v) is 11.4. The summed E-state index contributed by atoms with van der Waals surface area (Å²) in [5, 5.41) is -1.09. The van der Waals surface area contributed by atoms with E-state index in [1.807, 2.05) is 0 Å². The van der Waals surface area contributed by atoms with Gasteiger partial charge in [-0.05, 0) is 25.0 Å². The average molecular weight is 416 g/mol. The van der Waals surface area contributed by atoms with E-state index in [1.54, 1.807) is 41.0 Å². The van der Waals surface area contributed by atoms with Crippen molar-refractivity contribution < 1.29 is 22.7 Å². The summed E-state index contributed by atoms with van der Waals surface area (Å²) in [5.41, 5.74) is 0.688. The highest BCUT2D eigenvalue weighted by atomic mass is 32.2. The SMILES string of the molecule is CC#CCCC(=O)N1CCO[C@@H]2CN(C(=O)C3Cc4ccccc4S3(=O)=O)C[C@@H]21. The van der Waals surface area contributed by atoms with Gasteiger partial charge in [-0.25, -0.2) is 8.42 Å². The summed E-state index contributed by atoms with van der Waals surface area (Å²) in [5.74, 6) is 5.29. The van der Waals surface area contributed by atoms with Crippen molar-refractivity contribution in [2.75, 3.05) is 26.2 Å². The van der Waals surface area contributed by atoms with Gasteiger partial charge in [0.2, 0.25) is 11.8 Å². The molecule has 0 aliphatic carbocycles. The van der Waals surface area contributed by atoms with Crippen molar-refractivity contribution in [3.05, 3.63) is 29.8 Å². The molecule has 0 spiro atoms. The van der Waals surface area contributed by atoms with Crippen LogP contribution in [0.25, 0.3) is 0 Å².